The molecule has 1 saturated heterocycles. The highest BCUT2D eigenvalue weighted by atomic mass is 16.5. The lowest BCUT2D eigenvalue weighted by atomic mass is 10.0. The van der Waals surface area contributed by atoms with Crippen molar-refractivity contribution in [2.45, 2.75) is 25.3 Å². The predicted molar refractivity (Wildman–Crippen MR) is 94.8 cm³/mol. The maximum atomic E-state index is 13.0. The number of ether oxygens (including phenoxy) is 1. The molecular formula is C21H21NO2. The van der Waals surface area contributed by atoms with E-state index in [0.29, 0.717) is 6.61 Å². The van der Waals surface area contributed by atoms with E-state index >= 15 is 0 Å². The summed E-state index contributed by atoms with van der Waals surface area (Å²) in [6.45, 7) is 1.21. The summed E-state index contributed by atoms with van der Waals surface area (Å²) in [5.41, 5.74) is 3.04. The van der Waals surface area contributed by atoms with Crippen molar-refractivity contribution in [3.05, 3.63) is 71.3 Å². The topological polar surface area (TPSA) is 29.5 Å². The molecule has 0 N–H and O–H groups in total. The van der Waals surface area contributed by atoms with Crippen molar-refractivity contribution in [3.8, 4) is 5.75 Å². The Kier molecular flexibility index (Phi) is 4.08. The Balaban J connectivity index is 1.52. The lowest BCUT2D eigenvalue weighted by Gasteiger charge is -2.27. The first kappa shape index (κ1) is 15.0. The van der Waals surface area contributed by atoms with E-state index in [-0.39, 0.29) is 11.9 Å². The number of likely N-dealkylation sites (tertiary alicyclic amines) is 1. The summed E-state index contributed by atoms with van der Waals surface area (Å²) in [5.74, 6) is 0.985. The average molecular weight is 319 g/mol. The molecule has 2 aliphatic heterocycles. The molecular weight excluding hydrogens is 298 g/mol. The van der Waals surface area contributed by atoms with Crippen LogP contribution in [0.15, 0.2) is 60.2 Å². The monoisotopic (exact) mass is 319 g/mol. The van der Waals surface area contributed by atoms with E-state index in [2.05, 4.69) is 24.3 Å². The molecule has 2 aliphatic rings. The Morgan fingerprint density at radius 1 is 1.08 bits per heavy atom. The Bertz CT molecular complexity index is 766. The van der Waals surface area contributed by atoms with Crippen LogP contribution in [0.1, 0.15) is 24.0 Å². The third kappa shape index (κ3) is 2.94. The van der Waals surface area contributed by atoms with Crippen molar-refractivity contribution in [1.82, 2.24) is 4.90 Å². The number of hydrogen-bond donors (Lipinski definition) is 0. The zero-order valence-electron chi connectivity index (χ0n) is 13.7. The number of fused-ring (bicyclic) bond motifs is 1. The second kappa shape index (κ2) is 6.52. The highest BCUT2D eigenvalue weighted by Crippen LogP contribution is 2.29. The molecule has 1 unspecified atom stereocenters. The fourth-order valence-electron chi connectivity index (χ4n) is 3.63. The summed E-state index contributed by atoms with van der Waals surface area (Å²) in [4.78, 5) is 15.0. The van der Waals surface area contributed by atoms with Gasteiger partial charge in [0.1, 0.15) is 12.4 Å². The first-order chi connectivity index (χ1) is 11.8. The highest BCUT2D eigenvalue weighted by Gasteiger charge is 2.31. The van der Waals surface area contributed by atoms with Crippen LogP contribution in [0.5, 0.6) is 5.75 Å². The Labute approximate surface area is 142 Å². The molecule has 0 radical (unpaired) electrons. The van der Waals surface area contributed by atoms with Crippen LogP contribution in [0.3, 0.4) is 0 Å². The fourth-order valence-corrected chi connectivity index (χ4v) is 3.63. The van der Waals surface area contributed by atoms with Crippen molar-refractivity contribution in [3.63, 3.8) is 0 Å². The lowest BCUT2D eigenvalue weighted by Crippen LogP contribution is -2.39. The number of para-hydroxylation sites is 1. The van der Waals surface area contributed by atoms with Gasteiger partial charge in [-0.25, -0.2) is 0 Å². The van der Waals surface area contributed by atoms with Crippen LogP contribution >= 0.6 is 0 Å². The zero-order valence-corrected chi connectivity index (χ0v) is 13.7. The molecule has 1 atom stereocenters. The fraction of sp³-hybridized carbons (Fsp3) is 0.286. The molecule has 4 rings (SSSR count). The van der Waals surface area contributed by atoms with Crippen LogP contribution in [0.2, 0.25) is 0 Å². The minimum Gasteiger partial charge on any atom is -0.488 e. The van der Waals surface area contributed by atoms with E-state index in [9.17, 15) is 4.79 Å². The van der Waals surface area contributed by atoms with E-state index in [1.807, 2.05) is 41.3 Å². The van der Waals surface area contributed by atoms with Gasteiger partial charge in [0.2, 0.25) is 0 Å². The molecule has 3 heteroatoms. The van der Waals surface area contributed by atoms with Gasteiger partial charge in [-0.3, -0.25) is 4.79 Å². The molecule has 0 bridgehead atoms. The molecule has 2 aromatic rings. The van der Waals surface area contributed by atoms with Gasteiger partial charge in [0.15, 0.2) is 0 Å². The molecule has 122 valence electrons. The number of carbonyl (C=O) groups is 1. The summed E-state index contributed by atoms with van der Waals surface area (Å²) in [7, 11) is 0. The Morgan fingerprint density at radius 3 is 2.75 bits per heavy atom. The van der Waals surface area contributed by atoms with E-state index < -0.39 is 0 Å². The number of hydrogen-bond acceptors (Lipinski definition) is 2. The van der Waals surface area contributed by atoms with E-state index in [0.717, 1.165) is 42.7 Å². The molecule has 0 spiro atoms. The SMILES string of the molecule is O=C(C1=Cc2ccccc2OC1)N1CCCC1Cc1ccccc1. The van der Waals surface area contributed by atoms with E-state index in [4.69, 9.17) is 4.74 Å². The minimum atomic E-state index is 0.128. The third-order valence-corrected chi connectivity index (χ3v) is 4.86. The van der Waals surface area contributed by atoms with E-state index in [1.54, 1.807) is 0 Å². The molecule has 2 heterocycles. The molecule has 3 nitrogen and oxygen atoms in total. The zero-order chi connectivity index (χ0) is 16.4. The van der Waals surface area contributed by atoms with Crippen LogP contribution in [0.25, 0.3) is 6.08 Å². The van der Waals surface area contributed by atoms with Crippen molar-refractivity contribution < 1.29 is 9.53 Å². The maximum Gasteiger partial charge on any atom is 0.253 e. The van der Waals surface area contributed by atoms with Gasteiger partial charge >= 0.3 is 0 Å². The first-order valence-corrected chi connectivity index (χ1v) is 8.58. The van der Waals surface area contributed by atoms with Gasteiger partial charge < -0.3 is 9.64 Å². The molecule has 1 fully saturated rings. The molecule has 0 aromatic heterocycles. The first-order valence-electron chi connectivity index (χ1n) is 8.58. The number of rotatable bonds is 3. The Morgan fingerprint density at radius 2 is 1.88 bits per heavy atom. The molecule has 24 heavy (non-hydrogen) atoms. The second-order valence-electron chi connectivity index (χ2n) is 6.48. The van der Waals surface area contributed by atoms with E-state index in [1.165, 1.54) is 5.56 Å². The molecule has 0 saturated carbocycles. The van der Waals surface area contributed by atoms with Gasteiger partial charge in [0, 0.05) is 18.2 Å². The quantitative estimate of drug-likeness (QED) is 0.863. The summed E-state index contributed by atoms with van der Waals surface area (Å²) in [6.07, 6.45) is 5.07. The van der Waals surface area contributed by atoms with Crippen LogP contribution in [0.4, 0.5) is 0 Å². The number of benzene rings is 2. The van der Waals surface area contributed by atoms with Crippen molar-refractivity contribution in [2.24, 2.45) is 0 Å². The van der Waals surface area contributed by atoms with Gasteiger partial charge in [0.25, 0.3) is 5.91 Å². The molecule has 1 amide bonds. The second-order valence-corrected chi connectivity index (χ2v) is 6.48. The third-order valence-electron chi connectivity index (χ3n) is 4.86. The standard InChI is InChI=1S/C21H21NO2/c23-21(18-14-17-9-4-5-11-20(17)24-15-18)22-12-6-10-19(22)13-16-7-2-1-3-8-16/h1-5,7-9,11,14,19H,6,10,12-13,15H2. The number of amides is 1. The highest BCUT2D eigenvalue weighted by molar-refractivity contribution is 5.99. The van der Waals surface area contributed by atoms with Crippen molar-refractivity contribution >= 4 is 12.0 Å². The number of nitrogens with zero attached hydrogens (tertiary/aromatic N) is 1. The van der Waals surface area contributed by atoms with Crippen LogP contribution in [0, 0.1) is 0 Å². The van der Waals surface area contributed by atoms with Crippen molar-refractivity contribution in [1.29, 1.82) is 0 Å². The summed E-state index contributed by atoms with van der Waals surface area (Å²) in [5, 5.41) is 0. The van der Waals surface area contributed by atoms with Gasteiger partial charge in [-0.1, -0.05) is 48.5 Å². The summed E-state index contributed by atoms with van der Waals surface area (Å²) >= 11 is 0. The van der Waals surface area contributed by atoms with Crippen molar-refractivity contribution in [2.75, 3.05) is 13.2 Å². The summed E-state index contributed by atoms with van der Waals surface area (Å²) in [6, 6.07) is 18.6. The summed E-state index contributed by atoms with van der Waals surface area (Å²) < 4.78 is 5.75. The predicted octanol–water partition coefficient (Wildman–Crippen LogP) is 3.70. The normalized spacial score (nSPS) is 19.4. The van der Waals surface area contributed by atoms with Gasteiger partial charge in [-0.05, 0) is 37.0 Å². The van der Waals surface area contributed by atoms with Gasteiger partial charge in [-0.2, -0.15) is 0 Å². The lowest BCUT2D eigenvalue weighted by molar-refractivity contribution is -0.128. The molecule has 0 aliphatic carbocycles. The van der Waals surface area contributed by atoms with Crippen LogP contribution in [-0.4, -0.2) is 30.0 Å². The smallest absolute Gasteiger partial charge is 0.253 e. The largest absolute Gasteiger partial charge is 0.488 e. The average Bonchev–Trinajstić information content (AvgIpc) is 3.09. The Hall–Kier alpha value is -2.55. The maximum absolute atomic E-state index is 13.0. The number of carbonyl (C=O) groups excluding carboxylic acids is 1. The minimum absolute atomic E-state index is 0.128. The van der Waals surface area contributed by atoms with Gasteiger partial charge in [-0.15, -0.1) is 0 Å². The van der Waals surface area contributed by atoms with Gasteiger partial charge in [0.05, 0.1) is 5.57 Å². The van der Waals surface area contributed by atoms with Crippen LogP contribution < -0.4 is 4.74 Å². The van der Waals surface area contributed by atoms with Crippen LogP contribution in [-0.2, 0) is 11.2 Å². The molecule has 2 aromatic carbocycles.